The number of nitrogens with zero attached hydrogens (tertiary/aromatic N) is 4. The van der Waals surface area contributed by atoms with E-state index in [1.54, 1.807) is 12.4 Å². The third-order valence-corrected chi connectivity index (χ3v) is 9.41. The van der Waals surface area contributed by atoms with Gasteiger partial charge >= 0.3 is 0 Å². The Kier molecular flexibility index (Phi) is 11.1. The number of oxazole rings is 1. The first kappa shape index (κ1) is 35.4. The highest BCUT2D eigenvalue weighted by Gasteiger charge is 2.37. The summed E-state index contributed by atoms with van der Waals surface area (Å²) in [6.07, 6.45) is 2.91. The molecule has 2 aliphatic rings. The molecule has 2 amide bonds. The lowest BCUT2D eigenvalue weighted by molar-refractivity contribution is -0.132. The van der Waals surface area contributed by atoms with E-state index in [1.807, 2.05) is 98.5 Å². The van der Waals surface area contributed by atoms with E-state index >= 15 is 0 Å². The lowest BCUT2D eigenvalue weighted by atomic mass is 9.91. The summed E-state index contributed by atoms with van der Waals surface area (Å²) in [5.41, 5.74) is 3.21. The summed E-state index contributed by atoms with van der Waals surface area (Å²) < 4.78 is 6.01. The highest BCUT2D eigenvalue weighted by Crippen LogP contribution is 2.32. The second-order valence-corrected chi connectivity index (χ2v) is 14.6. The van der Waals surface area contributed by atoms with Crippen molar-refractivity contribution < 1.29 is 24.2 Å². The van der Waals surface area contributed by atoms with Gasteiger partial charge in [-0.15, -0.1) is 0 Å². The fourth-order valence-electron chi connectivity index (χ4n) is 7.02. The average molecular weight is 681 g/mol. The van der Waals surface area contributed by atoms with Gasteiger partial charge in [0.25, 0.3) is 0 Å². The van der Waals surface area contributed by atoms with Crippen LogP contribution in [0.1, 0.15) is 55.8 Å². The first-order valence-corrected chi connectivity index (χ1v) is 17.4. The summed E-state index contributed by atoms with van der Waals surface area (Å²) in [5.74, 6) is 0.248. The van der Waals surface area contributed by atoms with E-state index in [4.69, 9.17) is 4.42 Å². The number of carbonyl (C=O) groups excluding carboxylic acids is 2. The molecule has 0 spiro atoms. The van der Waals surface area contributed by atoms with Crippen molar-refractivity contribution >= 4 is 11.8 Å². The normalized spacial score (nSPS) is 20.9. The molecule has 11 nitrogen and oxygen atoms in total. The summed E-state index contributed by atoms with van der Waals surface area (Å²) in [7, 11) is 0. The number of pyridine rings is 1. The minimum absolute atomic E-state index is 0.122. The number of aliphatic hydroxyl groups is 2. The van der Waals surface area contributed by atoms with Crippen LogP contribution in [0.15, 0.2) is 89.6 Å². The van der Waals surface area contributed by atoms with E-state index in [-0.39, 0.29) is 24.8 Å². The summed E-state index contributed by atoms with van der Waals surface area (Å²) in [6.45, 7) is 8.09. The van der Waals surface area contributed by atoms with Gasteiger partial charge in [0.15, 0.2) is 5.76 Å². The minimum atomic E-state index is -0.876. The molecular weight excluding hydrogens is 632 g/mol. The maximum absolute atomic E-state index is 13.9. The average Bonchev–Trinajstić information content (AvgIpc) is 3.69. The number of rotatable bonds is 12. The van der Waals surface area contributed by atoms with Gasteiger partial charge in [0.1, 0.15) is 11.7 Å². The lowest BCUT2D eigenvalue weighted by Gasteiger charge is -2.42. The maximum atomic E-state index is 13.9. The number of aliphatic hydroxyl groups excluding tert-OH is 2. The number of hydrogen-bond donors (Lipinski definition) is 4. The number of benzene rings is 2. The van der Waals surface area contributed by atoms with E-state index in [0.717, 1.165) is 16.7 Å². The Labute approximate surface area is 293 Å². The fraction of sp³-hybridized carbons (Fsp3) is 0.436. The summed E-state index contributed by atoms with van der Waals surface area (Å²) in [6, 6.07) is 22.1. The van der Waals surface area contributed by atoms with Crippen molar-refractivity contribution in [2.45, 2.75) is 76.4 Å². The summed E-state index contributed by atoms with van der Waals surface area (Å²) in [5, 5.41) is 28.6. The number of fused-ring (bicyclic) bond motifs is 1. The highest BCUT2D eigenvalue weighted by molar-refractivity contribution is 5.83. The Bertz CT molecular complexity index is 1730. The number of carbonyl (C=O) groups is 2. The molecule has 50 heavy (non-hydrogen) atoms. The summed E-state index contributed by atoms with van der Waals surface area (Å²) >= 11 is 0. The first-order valence-electron chi connectivity index (χ1n) is 17.4. The number of aromatic nitrogens is 2. The zero-order valence-corrected chi connectivity index (χ0v) is 29.0. The largest absolute Gasteiger partial charge is 0.438 e. The molecule has 3 heterocycles. The Hall–Kier alpha value is -4.42. The van der Waals surface area contributed by atoms with Crippen LogP contribution in [0.5, 0.6) is 0 Å². The molecule has 2 aromatic heterocycles. The predicted molar refractivity (Wildman–Crippen MR) is 190 cm³/mol. The second-order valence-electron chi connectivity index (χ2n) is 14.6. The molecule has 1 fully saturated rings. The van der Waals surface area contributed by atoms with E-state index in [0.29, 0.717) is 56.4 Å². The van der Waals surface area contributed by atoms with Crippen molar-refractivity contribution in [3.63, 3.8) is 0 Å². The van der Waals surface area contributed by atoms with Crippen molar-refractivity contribution in [2.24, 2.45) is 5.92 Å². The number of piperazine rings is 1. The van der Waals surface area contributed by atoms with Crippen LogP contribution < -0.4 is 10.6 Å². The second kappa shape index (κ2) is 15.6. The van der Waals surface area contributed by atoms with Gasteiger partial charge in [-0.2, -0.15) is 0 Å². The van der Waals surface area contributed by atoms with Crippen LogP contribution in [-0.4, -0.2) is 91.8 Å². The zero-order chi connectivity index (χ0) is 35.3. The van der Waals surface area contributed by atoms with Gasteiger partial charge in [-0.05, 0) is 62.4 Å². The fourth-order valence-corrected chi connectivity index (χ4v) is 7.02. The van der Waals surface area contributed by atoms with Gasteiger partial charge in [-0.3, -0.25) is 24.4 Å². The van der Waals surface area contributed by atoms with Crippen molar-refractivity contribution in [3.8, 4) is 11.5 Å². The van der Waals surface area contributed by atoms with Gasteiger partial charge in [-0.1, -0.05) is 60.7 Å². The quantitative estimate of drug-likeness (QED) is 0.177. The van der Waals surface area contributed by atoms with Crippen molar-refractivity contribution in [3.05, 3.63) is 108 Å². The van der Waals surface area contributed by atoms with Gasteiger partial charge in [-0.25, -0.2) is 4.98 Å². The zero-order valence-electron chi connectivity index (χ0n) is 29.0. The molecule has 0 saturated carbocycles. The molecule has 1 aliphatic carbocycles. The van der Waals surface area contributed by atoms with Crippen molar-refractivity contribution in [1.29, 1.82) is 0 Å². The lowest BCUT2D eigenvalue weighted by Crippen LogP contribution is -2.62. The van der Waals surface area contributed by atoms with Gasteiger partial charge in [0.05, 0.1) is 31.0 Å². The number of nitrogens with one attached hydrogen (secondary N) is 2. The predicted octanol–water partition coefficient (Wildman–Crippen LogP) is 3.52. The molecule has 264 valence electrons. The van der Waals surface area contributed by atoms with Gasteiger partial charge in [0, 0.05) is 50.3 Å². The topological polar surface area (TPSA) is 144 Å². The molecule has 0 radical (unpaired) electrons. The minimum Gasteiger partial charge on any atom is -0.438 e. The van der Waals surface area contributed by atoms with Gasteiger partial charge < -0.3 is 25.3 Å². The van der Waals surface area contributed by atoms with Crippen LogP contribution in [0.2, 0.25) is 0 Å². The molecule has 0 unspecified atom stereocenters. The van der Waals surface area contributed by atoms with Crippen LogP contribution in [-0.2, 0) is 29.0 Å². The molecule has 1 saturated heterocycles. The molecule has 5 atom stereocenters. The number of amides is 2. The van der Waals surface area contributed by atoms with E-state index in [9.17, 15) is 19.8 Å². The monoisotopic (exact) mass is 680 g/mol. The van der Waals surface area contributed by atoms with Crippen molar-refractivity contribution in [1.82, 2.24) is 30.4 Å². The molecule has 6 rings (SSSR count). The van der Waals surface area contributed by atoms with Crippen LogP contribution in [0.4, 0.5) is 0 Å². The van der Waals surface area contributed by atoms with E-state index < -0.39 is 35.7 Å². The van der Waals surface area contributed by atoms with E-state index in [2.05, 4.69) is 25.5 Å². The Morgan fingerprint density at radius 2 is 1.76 bits per heavy atom. The number of β-amino-alcohol motifs (C(OH)–C–C–N with tert-alkyl or cyclic N) is 1. The Morgan fingerprint density at radius 1 is 1.00 bits per heavy atom. The van der Waals surface area contributed by atoms with Crippen LogP contribution in [0, 0.1) is 5.92 Å². The summed E-state index contributed by atoms with van der Waals surface area (Å²) in [4.78, 5) is 40.5. The third kappa shape index (κ3) is 9.02. The standard InChI is InChI=1S/C39H48N6O5/c1-39(2,3)43-38(49)32-24-44(25-35-41-22-34(50-35)31-15-9-10-16-40-31)17-18-45(32)23-29(46)20-28(19-26-11-5-4-6-12-26)37(48)42-36-30-14-8-7-13-27(30)21-33(36)47/h4-16,22,28-29,32-33,36,46-47H,17-21,23-25H2,1-3H3,(H,42,48)(H,43,49)/t28-,29+,32+,33-,36+/m1/s1. The maximum Gasteiger partial charge on any atom is 0.239 e. The Balaban J connectivity index is 1.14. The molecule has 0 bridgehead atoms. The highest BCUT2D eigenvalue weighted by atomic mass is 16.4. The first-order chi connectivity index (χ1) is 24.0. The number of hydrogen-bond acceptors (Lipinski definition) is 9. The molecular formula is C39H48N6O5. The van der Waals surface area contributed by atoms with Crippen LogP contribution >= 0.6 is 0 Å². The molecule has 4 N–H and O–H groups in total. The van der Waals surface area contributed by atoms with Crippen molar-refractivity contribution in [2.75, 3.05) is 26.2 Å². The van der Waals surface area contributed by atoms with Crippen LogP contribution in [0.3, 0.4) is 0 Å². The third-order valence-electron chi connectivity index (χ3n) is 9.41. The van der Waals surface area contributed by atoms with Crippen LogP contribution in [0.25, 0.3) is 11.5 Å². The van der Waals surface area contributed by atoms with Gasteiger partial charge in [0.2, 0.25) is 17.7 Å². The Morgan fingerprint density at radius 3 is 2.52 bits per heavy atom. The molecule has 11 heteroatoms. The molecule has 4 aromatic rings. The molecule has 2 aromatic carbocycles. The molecule has 1 aliphatic heterocycles. The van der Waals surface area contributed by atoms with E-state index in [1.165, 1.54) is 0 Å². The SMILES string of the molecule is CC(C)(C)NC(=O)[C@@H]1CN(Cc2ncc(-c3ccccn3)o2)CCN1C[C@@H](O)C[C@@H](Cc1ccccc1)C(=O)N[C@H]1c2ccccc2C[C@H]1O. The smallest absolute Gasteiger partial charge is 0.239 e.